The summed E-state index contributed by atoms with van der Waals surface area (Å²) in [6.07, 6.45) is -2.45. The van der Waals surface area contributed by atoms with Crippen LogP contribution in [0.3, 0.4) is 0 Å². The van der Waals surface area contributed by atoms with Crippen LogP contribution in [-0.2, 0) is 28.4 Å². The largest absolute Gasteiger partial charge is 0.481 e. The zero-order valence-corrected chi connectivity index (χ0v) is 28.0. The summed E-state index contributed by atoms with van der Waals surface area (Å²) in [5.74, 6) is 4.84. The fourth-order valence-corrected chi connectivity index (χ4v) is 6.67. The fourth-order valence-electron chi connectivity index (χ4n) is 6.67. The highest BCUT2D eigenvalue weighted by Crippen LogP contribution is 2.39. The first-order chi connectivity index (χ1) is 23.4. The number of anilines is 1. The van der Waals surface area contributed by atoms with Gasteiger partial charge in [-0.15, -0.1) is 0 Å². The number of amides is 1. The van der Waals surface area contributed by atoms with E-state index in [2.05, 4.69) is 16.5 Å². The number of allylic oxidation sites excluding steroid dienone is 2. The highest BCUT2D eigenvalue weighted by Gasteiger charge is 2.43. The van der Waals surface area contributed by atoms with E-state index in [0.29, 0.717) is 61.8 Å². The topological polar surface area (TPSA) is 125 Å². The number of carboxylic acids is 1. The van der Waals surface area contributed by atoms with Crippen molar-refractivity contribution in [2.75, 3.05) is 11.9 Å². The van der Waals surface area contributed by atoms with Crippen molar-refractivity contribution in [1.82, 2.24) is 19.9 Å². The summed E-state index contributed by atoms with van der Waals surface area (Å²) in [4.78, 5) is 36.7. The maximum atomic E-state index is 13.8. The van der Waals surface area contributed by atoms with Gasteiger partial charge in [0, 0.05) is 67.9 Å². The van der Waals surface area contributed by atoms with Crippen molar-refractivity contribution in [3.8, 4) is 0 Å². The molecule has 0 radical (unpaired) electrons. The number of carbonyl (C=O) groups is 2. The number of halogens is 6. The average molecular weight is 713 g/mol. The van der Waals surface area contributed by atoms with E-state index in [9.17, 15) is 35.9 Å². The molecular formula is C34H42F6N6O4. The van der Waals surface area contributed by atoms with Crippen LogP contribution in [0.25, 0.3) is 5.57 Å². The van der Waals surface area contributed by atoms with E-state index in [1.54, 1.807) is 23.0 Å². The van der Waals surface area contributed by atoms with Crippen LogP contribution in [0.15, 0.2) is 49.4 Å². The lowest BCUT2D eigenvalue weighted by Gasteiger charge is -2.48. The molecule has 274 valence electrons. The Morgan fingerprint density at radius 3 is 1.98 bits per heavy atom. The molecule has 50 heavy (non-hydrogen) atoms. The molecule has 4 rings (SSSR count). The Kier molecular flexibility index (Phi) is 12.1. The number of rotatable bonds is 12. The second kappa shape index (κ2) is 15.7. The summed E-state index contributed by atoms with van der Waals surface area (Å²) in [6, 6.07) is 0.230. The van der Waals surface area contributed by atoms with Gasteiger partial charge in [-0.25, -0.2) is 20.6 Å². The number of nitrogens with zero attached hydrogens (tertiary/aromatic N) is 5. The Bertz CT molecular complexity index is 1500. The lowest BCUT2D eigenvalue weighted by molar-refractivity contribution is -0.143. The minimum atomic E-state index is -5.02. The predicted molar refractivity (Wildman–Crippen MR) is 173 cm³/mol. The number of hydrazine groups is 1. The molecule has 16 heteroatoms. The molecule has 0 spiro atoms. The number of hydrogen-bond acceptors (Lipinski definition) is 8. The molecule has 3 N–H and O–H groups in total. The van der Waals surface area contributed by atoms with Crippen molar-refractivity contribution in [1.29, 1.82) is 0 Å². The van der Waals surface area contributed by atoms with Crippen molar-refractivity contribution in [3.63, 3.8) is 0 Å². The summed E-state index contributed by atoms with van der Waals surface area (Å²) in [6.45, 7) is 7.14. The SMILES string of the molecule is C=C/C(=C\N(C)N)c1cnc(N(Cc2cc(C(F)(F)F)cc(C(F)(F)F)c2)[C@H]2C[C@@H](CC)N(C(=O)OC3CC(CC(=O)O)C3)[C@@H](CC)C2)nc1. The normalized spacial score (nSPS) is 22.8. The number of hydrogen-bond donors (Lipinski definition) is 2. The van der Waals surface area contributed by atoms with E-state index in [1.807, 2.05) is 13.8 Å². The number of alkyl halides is 6. The summed E-state index contributed by atoms with van der Waals surface area (Å²) in [5.41, 5.74) is -1.99. The highest BCUT2D eigenvalue weighted by molar-refractivity contribution is 5.72. The average Bonchev–Trinajstić information content (AvgIpc) is 3.03. The Morgan fingerprint density at radius 1 is 1.00 bits per heavy atom. The van der Waals surface area contributed by atoms with E-state index in [4.69, 9.17) is 15.7 Å². The van der Waals surface area contributed by atoms with Crippen LogP contribution < -0.4 is 10.7 Å². The number of carboxylic acid groups (broad SMARTS) is 1. The maximum absolute atomic E-state index is 13.8. The van der Waals surface area contributed by atoms with Crippen LogP contribution in [-0.4, -0.2) is 68.3 Å². The summed E-state index contributed by atoms with van der Waals surface area (Å²) in [5, 5.41) is 10.3. The summed E-state index contributed by atoms with van der Waals surface area (Å²) in [7, 11) is 1.60. The van der Waals surface area contributed by atoms with Crippen LogP contribution >= 0.6 is 0 Å². The summed E-state index contributed by atoms with van der Waals surface area (Å²) < 4.78 is 88.5. The van der Waals surface area contributed by atoms with Gasteiger partial charge in [-0.05, 0) is 68.2 Å². The predicted octanol–water partition coefficient (Wildman–Crippen LogP) is 7.26. The van der Waals surface area contributed by atoms with Gasteiger partial charge in [-0.1, -0.05) is 26.5 Å². The van der Waals surface area contributed by atoms with Gasteiger partial charge < -0.3 is 24.7 Å². The number of aliphatic carboxylic acids is 1. The highest BCUT2D eigenvalue weighted by atomic mass is 19.4. The van der Waals surface area contributed by atoms with Crippen LogP contribution in [0, 0.1) is 5.92 Å². The standard InChI is InChI=1S/C34H42F6N6O4/c1-5-22(19-44(4)41)23-16-42-31(43-17-23)45(18-21-8-24(33(35,36)37)13-25(9-21)34(38,39)40)28-14-26(6-2)46(27(7-3)15-28)32(49)50-29-10-20(11-29)12-30(47)48/h5,8-9,13,16-17,19-20,26-29H,1,6-7,10-12,14-15,18,41H2,2-4H3,(H,47,48)/b22-19+/t20?,26-,27+,28+,29?. The zero-order valence-electron chi connectivity index (χ0n) is 28.0. The van der Waals surface area contributed by atoms with E-state index >= 15 is 0 Å². The van der Waals surface area contributed by atoms with Gasteiger partial charge in [0.25, 0.3) is 0 Å². The Labute approximate surface area is 286 Å². The van der Waals surface area contributed by atoms with Gasteiger partial charge >= 0.3 is 24.4 Å². The maximum Gasteiger partial charge on any atom is 0.416 e. The van der Waals surface area contributed by atoms with Crippen molar-refractivity contribution in [2.45, 2.75) is 102 Å². The third-order valence-corrected chi connectivity index (χ3v) is 9.18. The van der Waals surface area contributed by atoms with Crippen molar-refractivity contribution >= 4 is 23.6 Å². The molecule has 10 nitrogen and oxygen atoms in total. The first-order valence-corrected chi connectivity index (χ1v) is 16.3. The lowest BCUT2D eigenvalue weighted by atomic mass is 9.80. The van der Waals surface area contributed by atoms with Gasteiger partial charge in [0.2, 0.25) is 5.95 Å². The number of piperidine rings is 1. The molecule has 1 aromatic heterocycles. The van der Waals surface area contributed by atoms with Crippen LogP contribution in [0.1, 0.15) is 81.0 Å². The van der Waals surface area contributed by atoms with E-state index in [-0.39, 0.29) is 48.5 Å². The quantitative estimate of drug-likeness (QED) is 0.101. The van der Waals surface area contributed by atoms with E-state index in [0.717, 1.165) is 0 Å². The molecule has 2 fully saturated rings. The first kappa shape index (κ1) is 38.5. The molecular weight excluding hydrogens is 670 g/mol. The first-order valence-electron chi connectivity index (χ1n) is 16.3. The molecule has 2 heterocycles. The molecule has 0 unspecified atom stereocenters. The number of carbonyl (C=O) groups excluding carboxylic acids is 1. The van der Waals surface area contributed by atoms with Crippen molar-refractivity contribution in [3.05, 3.63) is 71.7 Å². The minimum Gasteiger partial charge on any atom is -0.481 e. The number of nitrogens with two attached hydrogens (primary N) is 1. The molecule has 2 aromatic rings. The zero-order chi connectivity index (χ0) is 37.0. The van der Waals surface area contributed by atoms with Crippen LogP contribution in [0.2, 0.25) is 0 Å². The van der Waals surface area contributed by atoms with Crippen LogP contribution in [0.5, 0.6) is 0 Å². The second-order valence-electron chi connectivity index (χ2n) is 12.9. The van der Waals surface area contributed by atoms with Gasteiger partial charge in [-0.2, -0.15) is 26.3 Å². The molecule has 0 bridgehead atoms. The molecule has 1 aliphatic heterocycles. The van der Waals surface area contributed by atoms with Gasteiger partial charge in [0.05, 0.1) is 11.1 Å². The van der Waals surface area contributed by atoms with Crippen molar-refractivity contribution < 1.29 is 45.8 Å². The molecule has 1 saturated heterocycles. The number of aromatic nitrogens is 2. The Balaban J connectivity index is 1.69. The monoisotopic (exact) mass is 712 g/mol. The molecule has 1 saturated carbocycles. The number of ether oxygens (including phenoxy) is 1. The van der Waals surface area contributed by atoms with E-state index in [1.165, 1.54) is 23.5 Å². The van der Waals surface area contributed by atoms with Gasteiger partial charge in [-0.3, -0.25) is 4.79 Å². The van der Waals surface area contributed by atoms with Crippen molar-refractivity contribution in [2.24, 2.45) is 11.8 Å². The number of likely N-dealkylation sites (tertiary alicyclic amines) is 1. The molecule has 3 atom stereocenters. The Hall–Kier alpha value is -4.34. The molecule has 1 aromatic carbocycles. The third kappa shape index (κ3) is 9.46. The van der Waals surface area contributed by atoms with Gasteiger partial charge in [0.1, 0.15) is 6.10 Å². The van der Waals surface area contributed by atoms with Gasteiger partial charge in [0.15, 0.2) is 0 Å². The molecule has 1 amide bonds. The van der Waals surface area contributed by atoms with E-state index < -0.39 is 47.7 Å². The number of benzene rings is 1. The third-order valence-electron chi connectivity index (χ3n) is 9.18. The molecule has 2 aliphatic rings. The lowest BCUT2D eigenvalue weighted by Crippen LogP contribution is -2.57. The Morgan fingerprint density at radius 2 is 1.54 bits per heavy atom. The molecule has 1 aliphatic carbocycles. The van der Waals surface area contributed by atoms with Crippen LogP contribution in [0.4, 0.5) is 37.1 Å². The smallest absolute Gasteiger partial charge is 0.416 e. The minimum absolute atomic E-state index is 0.000894. The fraction of sp³-hybridized carbons (Fsp3) is 0.529. The summed E-state index contributed by atoms with van der Waals surface area (Å²) >= 11 is 0. The second-order valence-corrected chi connectivity index (χ2v) is 12.9.